The lowest BCUT2D eigenvalue weighted by molar-refractivity contribution is 0.475. The first-order valence-corrected chi connectivity index (χ1v) is 5.97. The number of rotatable bonds is 4. The number of hydrogen-bond acceptors (Lipinski definition) is 5. The van der Waals surface area contributed by atoms with E-state index in [2.05, 4.69) is 20.5 Å². The van der Waals surface area contributed by atoms with E-state index in [0.717, 1.165) is 11.3 Å². The van der Waals surface area contributed by atoms with Gasteiger partial charge in [0.2, 0.25) is 0 Å². The molecule has 2 rings (SSSR count). The predicted octanol–water partition coefficient (Wildman–Crippen LogP) is 1.46. The molecule has 7 heteroatoms. The second-order valence-corrected chi connectivity index (χ2v) is 4.59. The van der Waals surface area contributed by atoms with Gasteiger partial charge in [0, 0.05) is 24.0 Å². The summed E-state index contributed by atoms with van der Waals surface area (Å²) in [6.07, 6.45) is 6.49. The summed E-state index contributed by atoms with van der Waals surface area (Å²) in [5, 5.41) is 4.82. The molecule has 0 aliphatic carbocycles. The predicted molar refractivity (Wildman–Crippen MR) is 68.8 cm³/mol. The van der Waals surface area contributed by atoms with Gasteiger partial charge in [-0.15, -0.1) is 0 Å². The Hall–Kier alpha value is -1.50. The van der Waals surface area contributed by atoms with Crippen molar-refractivity contribution in [1.82, 2.24) is 25.2 Å². The Morgan fingerprint density at radius 3 is 2.50 bits per heavy atom. The minimum atomic E-state index is -0.288. The Morgan fingerprint density at radius 2 is 1.94 bits per heavy atom. The van der Waals surface area contributed by atoms with Crippen molar-refractivity contribution in [2.24, 2.45) is 5.84 Å². The lowest BCUT2D eigenvalue weighted by Gasteiger charge is -2.19. The molecule has 2 aromatic rings. The van der Waals surface area contributed by atoms with E-state index in [4.69, 9.17) is 17.4 Å². The summed E-state index contributed by atoms with van der Waals surface area (Å²) < 4.78 is 1.83. The third-order valence-electron chi connectivity index (χ3n) is 2.63. The molecule has 0 aliphatic rings. The van der Waals surface area contributed by atoms with Crippen molar-refractivity contribution in [3.8, 4) is 0 Å². The highest BCUT2D eigenvalue weighted by molar-refractivity contribution is 6.31. The summed E-state index contributed by atoms with van der Waals surface area (Å²) in [6, 6.07) is -0.100. The van der Waals surface area contributed by atoms with Crippen LogP contribution in [0.5, 0.6) is 0 Å². The number of aromatic nitrogens is 4. The van der Waals surface area contributed by atoms with Gasteiger partial charge >= 0.3 is 0 Å². The first-order chi connectivity index (χ1) is 8.65. The Labute approximate surface area is 110 Å². The average molecular weight is 267 g/mol. The number of nitrogens with two attached hydrogens (primary N) is 1. The third kappa shape index (κ3) is 2.35. The highest BCUT2D eigenvalue weighted by atomic mass is 35.5. The number of nitrogens with zero attached hydrogens (tertiary/aromatic N) is 4. The zero-order valence-electron chi connectivity index (χ0n) is 10.2. The maximum Gasteiger partial charge on any atom is 0.115 e. The van der Waals surface area contributed by atoms with E-state index >= 15 is 0 Å². The van der Waals surface area contributed by atoms with Gasteiger partial charge in [-0.05, 0) is 13.8 Å². The lowest BCUT2D eigenvalue weighted by atomic mass is 10.1. The van der Waals surface area contributed by atoms with Gasteiger partial charge in [0.1, 0.15) is 6.33 Å². The average Bonchev–Trinajstić information content (AvgIpc) is 2.74. The van der Waals surface area contributed by atoms with Crippen LogP contribution >= 0.6 is 11.6 Å². The molecule has 0 spiro atoms. The van der Waals surface area contributed by atoms with E-state index in [1.165, 1.54) is 6.33 Å². The first-order valence-electron chi connectivity index (χ1n) is 5.59. The number of halogens is 1. The van der Waals surface area contributed by atoms with Crippen LogP contribution in [-0.2, 0) is 0 Å². The molecule has 0 fully saturated rings. The van der Waals surface area contributed by atoms with Crippen molar-refractivity contribution in [3.05, 3.63) is 41.2 Å². The lowest BCUT2D eigenvalue weighted by Crippen LogP contribution is -2.31. The molecule has 2 heterocycles. The summed E-state index contributed by atoms with van der Waals surface area (Å²) in [7, 11) is 0. The molecule has 0 bridgehead atoms. The van der Waals surface area contributed by atoms with Crippen LogP contribution in [0, 0.1) is 0 Å². The van der Waals surface area contributed by atoms with Crippen molar-refractivity contribution in [3.63, 3.8) is 0 Å². The molecule has 2 aromatic heterocycles. The maximum atomic E-state index is 6.19. The van der Waals surface area contributed by atoms with Crippen molar-refractivity contribution in [2.45, 2.75) is 25.9 Å². The SMILES string of the molecule is CC(C)n1ncc(Cl)c1C(NN)c1cncnc1. The van der Waals surface area contributed by atoms with Crippen LogP contribution in [0.15, 0.2) is 24.9 Å². The van der Waals surface area contributed by atoms with Gasteiger partial charge in [-0.2, -0.15) is 5.10 Å². The summed E-state index contributed by atoms with van der Waals surface area (Å²) in [6.45, 7) is 4.06. The van der Waals surface area contributed by atoms with Crippen LogP contribution in [0.25, 0.3) is 0 Å². The van der Waals surface area contributed by atoms with Crippen molar-refractivity contribution in [2.75, 3.05) is 0 Å². The van der Waals surface area contributed by atoms with Gasteiger partial charge in [0.15, 0.2) is 0 Å². The van der Waals surface area contributed by atoms with Crippen LogP contribution in [0.3, 0.4) is 0 Å². The van der Waals surface area contributed by atoms with Crippen LogP contribution in [0.2, 0.25) is 5.02 Å². The second kappa shape index (κ2) is 5.43. The van der Waals surface area contributed by atoms with Gasteiger partial charge in [-0.3, -0.25) is 10.5 Å². The van der Waals surface area contributed by atoms with E-state index < -0.39 is 0 Å². The molecule has 1 atom stereocenters. The molecule has 18 heavy (non-hydrogen) atoms. The molecular weight excluding hydrogens is 252 g/mol. The smallest absolute Gasteiger partial charge is 0.115 e. The van der Waals surface area contributed by atoms with Crippen molar-refractivity contribution in [1.29, 1.82) is 0 Å². The molecule has 6 nitrogen and oxygen atoms in total. The van der Waals surface area contributed by atoms with Gasteiger partial charge in [-0.25, -0.2) is 15.4 Å². The van der Waals surface area contributed by atoms with Crippen LogP contribution in [-0.4, -0.2) is 19.7 Å². The molecule has 0 radical (unpaired) electrons. The van der Waals surface area contributed by atoms with E-state index in [-0.39, 0.29) is 12.1 Å². The van der Waals surface area contributed by atoms with Crippen molar-refractivity contribution >= 4 is 11.6 Å². The zero-order chi connectivity index (χ0) is 13.1. The largest absolute Gasteiger partial charge is 0.271 e. The third-order valence-corrected chi connectivity index (χ3v) is 2.92. The van der Waals surface area contributed by atoms with Gasteiger partial charge in [0.05, 0.1) is 23.0 Å². The second-order valence-electron chi connectivity index (χ2n) is 4.19. The topological polar surface area (TPSA) is 81.7 Å². The van der Waals surface area contributed by atoms with Crippen LogP contribution in [0.4, 0.5) is 0 Å². The van der Waals surface area contributed by atoms with E-state index in [9.17, 15) is 0 Å². The fraction of sp³-hybridized carbons (Fsp3) is 0.364. The summed E-state index contributed by atoms with van der Waals surface area (Å²) in [5.41, 5.74) is 4.38. The highest BCUT2D eigenvalue weighted by Crippen LogP contribution is 2.28. The Balaban J connectivity index is 2.48. The molecular formula is C11H15ClN6. The molecule has 0 saturated heterocycles. The number of nitrogens with one attached hydrogen (secondary N) is 1. The van der Waals surface area contributed by atoms with Gasteiger partial charge in [-0.1, -0.05) is 11.6 Å². The minimum absolute atomic E-state index is 0.188. The number of hydrazine groups is 1. The molecule has 3 N–H and O–H groups in total. The first kappa shape index (κ1) is 12.9. The van der Waals surface area contributed by atoms with E-state index in [1.807, 2.05) is 18.5 Å². The van der Waals surface area contributed by atoms with Crippen LogP contribution in [0.1, 0.15) is 37.2 Å². The fourth-order valence-corrected chi connectivity index (χ4v) is 2.06. The quantitative estimate of drug-likeness (QED) is 0.647. The summed E-state index contributed by atoms with van der Waals surface area (Å²) in [4.78, 5) is 7.98. The molecule has 96 valence electrons. The van der Waals surface area contributed by atoms with Gasteiger partial charge in [0.25, 0.3) is 0 Å². The summed E-state index contributed by atoms with van der Waals surface area (Å²) in [5.74, 6) is 5.63. The summed E-state index contributed by atoms with van der Waals surface area (Å²) >= 11 is 6.19. The standard InChI is InChI=1S/C11H15ClN6/c1-7(2)18-11(9(12)5-16-18)10(17-13)8-3-14-6-15-4-8/h3-7,10,17H,13H2,1-2H3. The highest BCUT2D eigenvalue weighted by Gasteiger charge is 2.22. The molecule has 0 aromatic carbocycles. The Kier molecular flexibility index (Phi) is 3.90. The minimum Gasteiger partial charge on any atom is -0.271 e. The molecule has 0 aliphatic heterocycles. The monoisotopic (exact) mass is 266 g/mol. The van der Waals surface area contributed by atoms with Crippen LogP contribution < -0.4 is 11.3 Å². The Morgan fingerprint density at radius 1 is 1.28 bits per heavy atom. The maximum absolute atomic E-state index is 6.19. The van der Waals surface area contributed by atoms with E-state index in [1.54, 1.807) is 18.6 Å². The molecule has 0 saturated carbocycles. The normalized spacial score (nSPS) is 12.9. The fourth-order valence-electron chi connectivity index (χ4n) is 1.83. The molecule has 1 unspecified atom stereocenters. The zero-order valence-corrected chi connectivity index (χ0v) is 11.0. The molecule has 0 amide bonds. The van der Waals surface area contributed by atoms with Gasteiger partial charge < -0.3 is 0 Å². The van der Waals surface area contributed by atoms with E-state index in [0.29, 0.717) is 5.02 Å². The number of hydrogen-bond donors (Lipinski definition) is 2. The Bertz CT molecular complexity index is 510. The van der Waals surface area contributed by atoms with Crippen molar-refractivity contribution < 1.29 is 0 Å².